The van der Waals surface area contributed by atoms with Crippen molar-refractivity contribution in [2.45, 2.75) is 66.2 Å². The van der Waals surface area contributed by atoms with Crippen molar-refractivity contribution in [3.63, 3.8) is 0 Å². The molecule has 2 rings (SSSR count). The predicted octanol–water partition coefficient (Wildman–Crippen LogP) is 3.06. The Balaban J connectivity index is 2.18. The van der Waals surface area contributed by atoms with E-state index in [0.717, 1.165) is 6.42 Å². The highest BCUT2D eigenvalue weighted by Gasteiger charge is 2.36. The number of rotatable bonds is 7. The first-order chi connectivity index (χ1) is 12.0. The maximum Gasteiger partial charge on any atom is 0.342 e. The SMILES string of the molecule is Cc1ncc([N+](=O)[O-])n1CCN1C(=O)C=C(OC(C)(C)C)C1CC(C)C. The van der Waals surface area contributed by atoms with Crippen molar-refractivity contribution in [1.29, 1.82) is 0 Å². The van der Waals surface area contributed by atoms with E-state index in [1.54, 1.807) is 17.9 Å². The molecule has 0 radical (unpaired) electrons. The molecular weight excluding hydrogens is 336 g/mol. The number of nitrogens with zero attached hydrogens (tertiary/aromatic N) is 4. The summed E-state index contributed by atoms with van der Waals surface area (Å²) >= 11 is 0. The molecule has 0 fully saturated rings. The molecule has 0 aromatic carbocycles. The van der Waals surface area contributed by atoms with E-state index in [1.165, 1.54) is 10.8 Å². The van der Waals surface area contributed by atoms with Gasteiger partial charge in [0.25, 0.3) is 5.91 Å². The quantitative estimate of drug-likeness (QED) is 0.548. The van der Waals surface area contributed by atoms with Gasteiger partial charge in [-0.1, -0.05) is 13.8 Å². The Morgan fingerprint density at radius 2 is 2.00 bits per heavy atom. The van der Waals surface area contributed by atoms with Crippen molar-refractivity contribution in [1.82, 2.24) is 14.5 Å². The number of nitro groups is 1. The van der Waals surface area contributed by atoms with Crippen molar-refractivity contribution < 1.29 is 14.5 Å². The topological polar surface area (TPSA) is 90.5 Å². The monoisotopic (exact) mass is 364 g/mol. The molecule has 26 heavy (non-hydrogen) atoms. The van der Waals surface area contributed by atoms with E-state index in [0.29, 0.717) is 30.6 Å². The van der Waals surface area contributed by atoms with Gasteiger partial charge in [-0.3, -0.25) is 4.79 Å². The average Bonchev–Trinajstić information content (AvgIpc) is 2.96. The van der Waals surface area contributed by atoms with Gasteiger partial charge >= 0.3 is 5.82 Å². The van der Waals surface area contributed by atoms with Crippen LogP contribution in [-0.4, -0.2) is 43.5 Å². The normalized spacial score (nSPS) is 17.8. The average molecular weight is 364 g/mol. The second kappa shape index (κ2) is 7.47. The number of aromatic nitrogens is 2. The summed E-state index contributed by atoms with van der Waals surface area (Å²) in [5.41, 5.74) is -0.392. The molecule has 8 heteroatoms. The number of amides is 1. The largest absolute Gasteiger partial charge is 0.490 e. The molecule has 0 aliphatic carbocycles. The van der Waals surface area contributed by atoms with Gasteiger partial charge in [0.1, 0.15) is 24.1 Å². The fraction of sp³-hybridized carbons (Fsp3) is 0.667. The lowest BCUT2D eigenvalue weighted by atomic mass is 10.0. The molecule has 1 atom stereocenters. The number of hydrogen-bond donors (Lipinski definition) is 0. The standard InChI is InChI=1S/C18H28N4O4/c1-12(2)9-14-15(26-18(4,5)6)10-17(23)21(14)8-7-20-13(3)19-11-16(20)22(24)25/h10-12,14H,7-9H2,1-6H3. The van der Waals surface area contributed by atoms with Crippen LogP contribution in [0.15, 0.2) is 18.0 Å². The summed E-state index contributed by atoms with van der Waals surface area (Å²) in [4.78, 5) is 29.0. The molecule has 0 bridgehead atoms. The number of imidazole rings is 1. The van der Waals surface area contributed by atoms with Gasteiger partial charge in [-0.25, -0.2) is 9.55 Å². The molecular formula is C18H28N4O4. The maximum absolute atomic E-state index is 12.5. The van der Waals surface area contributed by atoms with Crippen molar-refractivity contribution in [2.75, 3.05) is 6.54 Å². The number of hydrogen-bond acceptors (Lipinski definition) is 5. The van der Waals surface area contributed by atoms with Crippen LogP contribution < -0.4 is 0 Å². The smallest absolute Gasteiger partial charge is 0.342 e. The van der Waals surface area contributed by atoms with Gasteiger partial charge in [-0.15, -0.1) is 0 Å². The third kappa shape index (κ3) is 4.62. The van der Waals surface area contributed by atoms with Gasteiger partial charge in [0.2, 0.25) is 0 Å². The first-order valence-corrected chi connectivity index (χ1v) is 8.87. The van der Waals surface area contributed by atoms with Crippen LogP contribution in [0, 0.1) is 23.0 Å². The molecule has 144 valence electrons. The minimum absolute atomic E-state index is 0.0614. The number of carbonyl (C=O) groups is 1. The van der Waals surface area contributed by atoms with Crippen LogP contribution in [-0.2, 0) is 16.1 Å². The Labute approximate surface area is 154 Å². The Hall–Kier alpha value is -2.38. The summed E-state index contributed by atoms with van der Waals surface area (Å²) in [5, 5.41) is 11.1. The van der Waals surface area contributed by atoms with E-state index in [1.807, 2.05) is 20.8 Å². The molecule has 1 aromatic heterocycles. The number of carbonyl (C=O) groups excluding carboxylic acids is 1. The van der Waals surface area contributed by atoms with E-state index in [-0.39, 0.29) is 17.8 Å². The summed E-state index contributed by atoms with van der Waals surface area (Å²) < 4.78 is 7.54. The predicted molar refractivity (Wildman–Crippen MR) is 97.5 cm³/mol. The van der Waals surface area contributed by atoms with Crippen molar-refractivity contribution in [3.05, 3.63) is 34.0 Å². The van der Waals surface area contributed by atoms with E-state index in [4.69, 9.17) is 4.74 Å². The van der Waals surface area contributed by atoms with Crippen LogP contribution in [0.4, 0.5) is 5.82 Å². The zero-order valence-corrected chi connectivity index (χ0v) is 16.4. The first kappa shape index (κ1) is 19.9. The number of ether oxygens (including phenoxy) is 1. The van der Waals surface area contributed by atoms with Gasteiger partial charge in [0.15, 0.2) is 5.82 Å². The molecule has 1 unspecified atom stereocenters. The molecule has 1 amide bonds. The zero-order chi connectivity index (χ0) is 19.6. The third-order valence-electron chi connectivity index (χ3n) is 4.16. The molecule has 1 aliphatic heterocycles. The lowest BCUT2D eigenvalue weighted by molar-refractivity contribution is -0.392. The summed E-state index contributed by atoms with van der Waals surface area (Å²) in [6, 6.07) is -0.149. The Kier molecular flexibility index (Phi) is 5.73. The molecule has 2 heterocycles. The van der Waals surface area contributed by atoms with Crippen LogP contribution in [0.3, 0.4) is 0 Å². The fourth-order valence-electron chi connectivity index (χ4n) is 3.10. The van der Waals surface area contributed by atoms with Gasteiger partial charge in [-0.2, -0.15) is 0 Å². The minimum atomic E-state index is -0.455. The van der Waals surface area contributed by atoms with Crippen LogP contribution in [0.25, 0.3) is 0 Å². The third-order valence-corrected chi connectivity index (χ3v) is 4.16. The lowest BCUT2D eigenvalue weighted by Gasteiger charge is -2.31. The fourth-order valence-corrected chi connectivity index (χ4v) is 3.10. The lowest BCUT2D eigenvalue weighted by Crippen LogP contribution is -2.40. The second-order valence-electron chi connectivity index (χ2n) is 8.01. The van der Waals surface area contributed by atoms with Crippen LogP contribution in [0.2, 0.25) is 0 Å². The second-order valence-corrected chi connectivity index (χ2v) is 8.01. The van der Waals surface area contributed by atoms with Crippen LogP contribution in [0.5, 0.6) is 0 Å². The zero-order valence-electron chi connectivity index (χ0n) is 16.4. The Morgan fingerprint density at radius 1 is 1.35 bits per heavy atom. The van der Waals surface area contributed by atoms with Gasteiger partial charge in [0, 0.05) is 13.0 Å². The molecule has 0 saturated carbocycles. The van der Waals surface area contributed by atoms with Crippen LogP contribution >= 0.6 is 0 Å². The van der Waals surface area contributed by atoms with E-state index in [9.17, 15) is 14.9 Å². The summed E-state index contributed by atoms with van der Waals surface area (Å²) in [6.07, 6.45) is 3.57. The molecule has 0 N–H and O–H groups in total. The van der Waals surface area contributed by atoms with Gasteiger partial charge < -0.3 is 19.8 Å². The van der Waals surface area contributed by atoms with E-state index < -0.39 is 10.5 Å². The Bertz CT molecular complexity index is 715. The van der Waals surface area contributed by atoms with Crippen LogP contribution in [0.1, 0.15) is 46.9 Å². The maximum atomic E-state index is 12.5. The van der Waals surface area contributed by atoms with Gasteiger partial charge in [0.05, 0.1) is 12.6 Å². The highest BCUT2D eigenvalue weighted by molar-refractivity contribution is 5.91. The summed E-state index contributed by atoms with van der Waals surface area (Å²) in [5.74, 6) is 1.43. The summed E-state index contributed by atoms with van der Waals surface area (Å²) in [6.45, 7) is 12.4. The summed E-state index contributed by atoms with van der Waals surface area (Å²) in [7, 11) is 0. The van der Waals surface area contributed by atoms with Crippen molar-refractivity contribution in [2.24, 2.45) is 5.92 Å². The minimum Gasteiger partial charge on any atom is -0.490 e. The molecule has 0 saturated heterocycles. The highest BCUT2D eigenvalue weighted by Crippen LogP contribution is 2.30. The molecule has 0 spiro atoms. The van der Waals surface area contributed by atoms with E-state index >= 15 is 0 Å². The molecule has 8 nitrogen and oxygen atoms in total. The molecule has 1 aromatic rings. The van der Waals surface area contributed by atoms with E-state index in [2.05, 4.69) is 18.8 Å². The van der Waals surface area contributed by atoms with Crippen molar-refractivity contribution in [3.8, 4) is 0 Å². The number of aryl methyl sites for hydroxylation is 1. The highest BCUT2D eigenvalue weighted by atomic mass is 16.6. The van der Waals surface area contributed by atoms with Gasteiger partial charge in [-0.05, 0) is 38.0 Å². The van der Waals surface area contributed by atoms with Crippen molar-refractivity contribution >= 4 is 11.7 Å². The molecule has 1 aliphatic rings. The Morgan fingerprint density at radius 3 is 2.54 bits per heavy atom. The first-order valence-electron chi connectivity index (χ1n) is 8.87.